The van der Waals surface area contributed by atoms with Crippen molar-refractivity contribution in [1.29, 1.82) is 5.26 Å². The van der Waals surface area contributed by atoms with Crippen molar-refractivity contribution in [2.24, 2.45) is 0 Å². The van der Waals surface area contributed by atoms with Gasteiger partial charge in [0.2, 0.25) is 0 Å². The summed E-state index contributed by atoms with van der Waals surface area (Å²) in [7, 11) is -0.462. The van der Waals surface area contributed by atoms with Crippen LogP contribution in [0.3, 0.4) is 0 Å². The van der Waals surface area contributed by atoms with Crippen LogP contribution in [-0.4, -0.2) is 18.3 Å². The summed E-state index contributed by atoms with van der Waals surface area (Å²) >= 11 is 0. The van der Waals surface area contributed by atoms with E-state index >= 15 is 0 Å². The summed E-state index contributed by atoms with van der Waals surface area (Å²) in [5, 5.41) is 9.10. The second kappa shape index (κ2) is 4.26. The third kappa shape index (κ3) is 2.22. The van der Waals surface area contributed by atoms with E-state index in [0.29, 0.717) is 11.3 Å². The molecule has 2 rings (SSSR count). The van der Waals surface area contributed by atoms with Crippen LogP contribution in [0.4, 0.5) is 5.69 Å². The topological polar surface area (TPSA) is 68.3 Å². The van der Waals surface area contributed by atoms with E-state index < -0.39 is 7.12 Å². The highest BCUT2D eigenvalue weighted by Gasteiger charge is 2.51. The normalized spacial score (nSPS) is 20.3. The molecule has 0 atom stereocenters. The minimum Gasteiger partial charge on any atom is -0.399 e. The zero-order valence-corrected chi connectivity index (χ0v) is 12.1. The Labute approximate surface area is 114 Å². The molecule has 0 bridgehead atoms. The van der Waals surface area contributed by atoms with Crippen LogP contribution < -0.4 is 11.2 Å². The number of hydrogen-bond donors (Lipinski definition) is 1. The van der Waals surface area contributed by atoms with Gasteiger partial charge >= 0.3 is 7.12 Å². The van der Waals surface area contributed by atoms with Crippen LogP contribution in [0.2, 0.25) is 0 Å². The standard InChI is InChI=1S/C14H19BN2O2/c1-9-6-11(7-10(8-16)12(9)17)15-18-13(2,3)14(4,5)19-15/h6-7H,17H2,1-5H3. The maximum absolute atomic E-state index is 9.10. The first-order valence-electron chi connectivity index (χ1n) is 6.34. The molecular formula is C14H19BN2O2. The van der Waals surface area contributed by atoms with Gasteiger partial charge in [0.1, 0.15) is 6.07 Å². The number of rotatable bonds is 1. The van der Waals surface area contributed by atoms with Crippen LogP contribution in [0.5, 0.6) is 0 Å². The lowest BCUT2D eigenvalue weighted by Crippen LogP contribution is -2.41. The fourth-order valence-electron chi connectivity index (χ4n) is 2.03. The van der Waals surface area contributed by atoms with Gasteiger partial charge in [-0.05, 0) is 51.7 Å². The molecule has 0 spiro atoms. The molecule has 5 heteroatoms. The van der Waals surface area contributed by atoms with E-state index in [4.69, 9.17) is 20.3 Å². The molecule has 1 aromatic rings. The molecular weight excluding hydrogens is 239 g/mol. The third-order valence-corrected chi connectivity index (χ3v) is 4.06. The van der Waals surface area contributed by atoms with Gasteiger partial charge in [0, 0.05) is 0 Å². The molecule has 1 heterocycles. The van der Waals surface area contributed by atoms with Crippen molar-refractivity contribution >= 4 is 18.3 Å². The van der Waals surface area contributed by atoms with E-state index in [-0.39, 0.29) is 11.2 Å². The maximum Gasteiger partial charge on any atom is 0.494 e. The Morgan fingerprint density at radius 2 is 1.68 bits per heavy atom. The molecule has 100 valence electrons. The van der Waals surface area contributed by atoms with Crippen molar-refractivity contribution < 1.29 is 9.31 Å². The molecule has 0 unspecified atom stereocenters. The number of anilines is 1. The average Bonchev–Trinajstić information content (AvgIpc) is 2.52. The molecule has 0 saturated carbocycles. The minimum atomic E-state index is -0.462. The number of benzene rings is 1. The summed E-state index contributed by atoms with van der Waals surface area (Å²) in [6.07, 6.45) is 0. The largest absolute Gasteiger partial charge is 0.494 e. The number of nitriles is 1. The van der Waals surface area contributed by atoms with Crippen molar-refractivity contribution in [3.63, 3.8) is 0 Å². The zero-order valence-electron chi connectivity index (χ0n) is 12.1. The lowest BCUT2D eigenvalue weighted by Gasteiger charge is -2.32. The lowest BCUT2D eigenvalue weighted by molar-refractivity contribution is 0.00578. The number of nitrogen functional groups attached to an aromatic ring is 1. The molecule has 0 amide bonds. The van der Waals surface area contributed by atoms with E-state index in [1.54, 1.807) is 6.07 Å². The average molecular weight is 258 g/mol. The van der Waals surface area contributed by atoms with Gasteiger partial charge in [-0.3, -0.25) is 0 Å². The molecule has 19 heavy (non-hydrogen) atoms. The fraction of sp³-hybridized carbons (Fsp3) is 0.500. The number of nitrogens with two attached hydrogens (primary N) is 1. The van der Waals surface area contributed by atoms with Crippen molar-refractivity contribution in [2.45, 2.75) is 45.8 Å². The van der Waals surface area contributed by atoms with Crippen LogP contribution in [0.1, 0.15) is 38.8 Å². The van der Waals surface area contributed by atoms with Gasteiger partial charge in [-0.15, -0.1) is 0 Å². The van der Waals surface area contributed by atoms with Crippen molar-refractivity contribution in [3.05, 3.63) is 23.3 Å². The summed E-state index contributed by atoms with van der Waals surface area (Å²) in [5.74, 6) is 0. The Morgan fingerprint density at radius 3 is 2.16 bits per heavy atom. The highest BCUT2D eigenvalue weighted by atomic mass is 16.7. The van der Waals surface area contributed by atoms with E-state index in [0.717, 1.165) is 11.0 Å². The van der Waals surface area contributed by atoms with Gasteiger partial charge in [0.05, 0.1) is 22.5 Å². The fourth-order valence-corrected chi connectivity index (χ4v) is 2.03. The first kappa shape index (κ1) is 13.9. The highest BCUT2D eigenvalue weighted by Crippen LogP contribution is 2.36. The van der Waals surface area contributed by atoms with E-state index in [1.165, 1.54) is 0 Å². The summed E-state index contributed by atoms with van der Waals surface area (Å²) in [6, 6.07) is 5.76. The third-order valence-electron chi connectivity index (χ3n) is 4.06. The van der Waals surface area contributed by atoms with Crippen LogP contribution in [-0.2, 0) is 9.31 Å². The van der Waals surface area contributed by atoms with E-state index in [9.17, 15) is 0 Å². The molecule has 4 nitrogen and oxygen atoms in total. The van der Waals surface area contributed by atoms with E-state index in [2.05, 4.69) is 6.07 Å². The van der Waals surface area contributed by atoms with Crippen LogP contribution in [0.15, 0.2) is 12.1 Å². The van der Waals surface area contributed by atoms with Gasteiger partial charge in [0.25, 0.3) is 0 Å². The minimum absolute atomic E-state index is 0.389. The first-order valence-corrected chi connectivity index (χ1v) is 6.34. The predicted molar refractivity (Wildman–Crippen MR) is 76.0 cm³/mol. The van der Waals surface area contributed by atoms with Gasteiger partial charge < -0.3 is 15.0 Å². The molecule has 1 aliphatic rings. The highest BCUT2D eigenvalue weighted by molar-refractivity contribution is 6.62. The second-order valence-corrected chi connectivity index (χ2v) is 6.00. The summed E-state index contributed by atoms with van der Waals surface area (Å²) < 4.78 is 11.9. The van der Waals surface area contributed by atoms with Crippen LogP contribution in [0, 0.1) is 18.3 Å². The Morgan fingerprint density at radius 1 is 1.16 bits per heavy atom. The monoisotopic (exact) mass is 258 g/mol. The second-order valence-electron chi connectivity index (χ2n) is 6.00. The number of aryl methyl sites for hydroxylation is 1. The molecule has 1 fully saturated rings. The molecule has 1 aliphatic heterocycles. The molecule has 0 aliphatic carbocycles. The summed E-state index contributed by atoms with van der Waals surface area (Å²) in [6.45, 7) is 9.89. The van der Waals surface area contributed by atoms with Gasteiger partial charge in [0.15, 0.2) is 0 Å². The Bertz CT molecular complexity index is 545. The Hall–Kier alpha value is -1.51. The van der Waals surface area contributed by atoms with E-state index in [1.807, 2.05) is 40.7 Å². The molecule has 1 aromatic carbocycles. The first-order chi connectivity index (χ1) is 8.68. The van der Waals surface area contributed by atoms with Gasteiger partial charge in [-0.2, -0.15) is 5.26 Å². The number of nitrogens with zero attached hydrogens (tertiary/aromatic N) is 1. The SMILES string of the molecule is Cc1cc(B2OC(C)(C)C(C)(C)O2)cc(C#N)c1N. The molecule has 1 saturated heterocycles. The summed E-state index contributed by atoms with van der Waals surface area (Å²) in [5.41, 5.74) is 7.76. The lowest BCUT2D eigenvalue weighted by atomic mass is 9.77. The molecule has 0 radical (unpaired) electrons. The maximum atomic E-state index is 9.10. The van der Waals surface area contributed by atoms with Gasteiger partial charge in [-0.1, -0.05) is 6.07 Å². The van der Waals surface area contributed by atoms with Crippen molar-refractivity contribution in [3.8, 4) is 6.07 Å². The van der Waals surface area contributed by atoms with Gasteiger partial charge in [-0.25, -0.2) is 0 Å². The zero-order chi connectivity index (χ0) is 14.4. The van der Waals surface area contributed by atoms with Crippen LogP contribution in [0.25, 0.3) is 0 Å². The smallest absolute Gasteiger partial charge is 0.399 e. The number of hydrogen-bond acceptors (Lipinski definition) is 4. The Kier molecular flexibility index (Phi) is 3.12. The van der Waals surface area contributed by atoms with Crippen molar-refractivity contribution in [1.82, 2.24) is 0 Å². The predicted octanol–water partition coefficient (Wildman–Crippen LogP) is 1.75. The van der Waals surface area contributed by atoms with Crippen molar-refractivity contribution in [2.75, 3.05) is 5.73 Å². The molecule has 2 N–H and O–H groups in total. The molecule has 0 aromatic heterocycles. The Balaban J connectivity index is 2.41. The summed E-state index contributed by atoms with van der Waals surface area (Å²) in [4.78, 5) is 0. The van der Waals surface area contributed by atoms with Crippen LogP contribution >= 0.6 is 0 Å². The quantitative estimate of drug-likeness (QED) is 0.615.